The van der Waals surface area contributed by atoms with Crippen molar-refractivity contribution < 1.29 is 4.74 Å². The van der Waals surface area contributed by atoms with E-state index in [4.69, 9.17) is 10.5 Å². The molecule has 0 aliphatic rings. The van der Waals surface area contributed by atoms with Crippen LogP contribution in [0.1, 0.15) is 5.69 Å². The summed E-state index contributed by atoms with van der Waals surface area (Å²) in [6.07, 6.45) is 1.77. The first-order chi connectivity index (χ1) is 7.83. The number of hydrogen-bond donors (Lipinski definition) is 1. The first-order valence-corrected chi connectivity index (χ1v) is 5.13. The smallest absolute Gasteiger partial charge is 0.119 e. The molecule has 3 nitrogen and oxygen atoms in total. The van der Waals surface area contributed by atoms with Crippen LogP contribution < -0.4 is 10.5 Å². The van der Waals surface area contributed by atoms with Gasteiger partial charge in [-0.1, -0.05) is 12.1 Å². The zero-order valence-corrected chi connectivity index (χ0v) is 9.18. The lowest BCUT2D eigenvalue weighted by Crippen LogP contribution is -1.98. The van der Waals surface area contributed by atoms with Gasteiger partial charge in [-0.25, -0.2) is 0 Å². The Morgan fingerprint density at radius 3 is 2.75 bits per heavy atom. The lowest BCUT2D eigenvalue weighted by atomic mass is 10.1. The van der Waals surface area contributed by atoms with E-state index >= 15 is 0 Å². The van der Waals surface area contributed by atoms with Crippen LogP contribution in [0.15, 0.2) is 42.6 Å². The van der Waals surface area contributed by atoms with E-state index in [0.29, 0.717) is 6.54 Å². The third kappa shape index (κ3) is 2.20. The summed E-state index contributed by atoms with van der Waals surface area (Å²) in [5, 5.41) is 0. The molecule has 1 aromatic carbocycles. The number of pyridine rings is 1. The minimum absolute atomic E-state index is 0.456. The zero-order chi connectivity index (χ0) is 11.4. The highest BCUT2D eigenvalue weighted by Gasteiger charge is 2.00. The van der Waals surface area contributed by atoms with Crippen LogP contribution in [-0.2, 0) is 6.54 Å². The van der Waals surface area contributed by atoms with Crippen molar-refractivity contribution in [3.05, 3.63) is 48.3 Å². The molecule has 0 radical (unpaired) electrons. The number of aromatic nitrogens is 1. The van der Waals surface area contributed by atoms with Gasteiger partial charge in [0.1, 0.15) is 5.75 Å². The number of nitrogens with zero attached hydrogens (tertiary/aromatic N) is 1. The first-order valence-electron chi connectivity index (χ1n) is 5.13. The second kappa shape index (κ2) is 4.77. The Kier molecular flexibility index (Phi) is 3.17. The lowest BCUT2D eigenvalue weighted by molar-refractivity contribution is 0.415. The molecule has 2 aromatic rings. The summed E-state index contributed by atoms with van der Waals surface area (Å²) in [5.74, 6) is 0.851. The highest BCUT2D eigenvalue weighted by molar-refractivity contribution is 5.65. The Hall–Kier alpha value is -1.87. The summed E-state index contributed by atoms with van der Waals surface area (Å²) in [5.41, 5.74) is 8.67. The van der Waals surface area contributed by atoms with Crippen LogP contribution in [0.3, 0.4) is 0 Å². The van der Waals surface area contributed by atoms with Gasteiger partial charge in [0.2, 0.25) is 0 Å². The highest BCUT2D eigenvalue weighted by Crippen LogP contribution is 2.23. The Balaban J connectivity index is 2.41. The summed E-state index contributed by atoms with van der Waals surface area (Å²) in [6.45, 7) is 0.456. The predicted octanol–water partition coefficient (Wildman–Crippen LogP) is 2.22. The molecule has 0 saturated carbocycles. The number of benzene rings is 1. The van der Waals surface area contributed by atoms with Gasteiger partial charge in [-0.3, -0.25) is 4.98 Å². The Morgan fingerprint density at radius 2 is 2.00 bits per heavy atom. The molecule has 2 rings (SSSR count). The number of methoxy groups -OCH3 is 1. The predicted molar refractivity (Wildman–Crippen MR) is 64.1 cm³/mol. The van der Waals surface area contributed by atoms with Gasteiger partial charge in [0.15, 0.2) is 0 Å². The van der Waals surface area contributed by atoms with Crippen molar-refractivity contribution >= 4 is 0 Å². The van der Waals surface area contributed by atoms with Gasteiger partial charge in [-0.2, -0.15) is 0 Å². The molecular formula is C13H14N2O. The average molecular weight is 214 g/mol. The van der Waals surface area contributed by atoms with E-state index in [2.05, 4.69) is 4.98 Å². The molecule has 0 unspecified atom stereocenters. The third-order valence-electron chi connectivity index (χ3n) is 2.43. The van der Waals surface area contributed by atoms with Gasteiger partial charge in [0.05, 0.1) is 12.8 Å². The largest absolute Gasteiger partial charge is 0.497 e. The second-order valence-corrected chi connectivity index (χ2v) is 3.47. The highest BCUT2D eigenvalue weighted by atomic mass is 16.5. The van der Waals surface area contributed by atoms with Crippen LogP contribution in [0, 0.1) is 0 Å². The van der Waals surface area contributed by atoms with Crippen LogP contribution in [-0.4, -0.2) is 12.1 Å². The van der Waals surface area contributed by atoms with Gasteiger partial charge in [-0.15, -0.1) is 0 Å². The topological polar surface area (TPSA) is 48.1 Å². The monoisotopic (exact) mass is 214 g/mol. The molecule has 0 aliphatic carbocycles. The van der Waals surface area contributed by atoms with Crippen molar-refractivity contribution in [2.24, 2.45) is 5.73 Å². The van der Waals surface area contributed by atoms with Gasteiger partial charge in [-0.05, 0) is 35.4 Å². The van der Waals surface area contributed by atoms with Crippen LogP contribution in [0.4, 0.5) is 0 Å². The van der Waals surface area contributed by atoms with Crippen molar-refractivity contribution in [3.63, 3.8) is 0 Å². The average Bonchev–Trinajstić information content (AvgIpc) is 2.39. The number of rotatable bonds is 3. The molecule has 0 saturated heterocycles. The molecule has 82 valence electrons. The third-order valence-corrected chi connectivity index (χ3v) is 2.43. The zero-order valence-electron chi connectivity index (χ0n) is 9.18. The maximum Gasteiger partial charge on any atom is 0.119 e. The maximum atomic E-state index is 5.57. The Labute approximate surface area is 94.9 Å². The van der Waals surface area contributed by atoms with Crippen LogP contribution in [0.25, 0.3) is 11.1 Å². The normalized spacial score (nSPS) is 10.1. The molecule has 1 heterocycles. The SMILES string of the molecule is COc1cccc(-c2ccnc(CN)c2)c1. The first kappa shape index (κ1) is 10.6. The minimum atomic E-state index is 0.456. The van der Waals surface area contributed by atoms with Crippen molar-refractivity contribution in [3.8, 4) is 16.9 Å². The fourth-order valence-corrected chi connectivity index (χ4v) is 1.57. The van der Waals surface area contributed by atoms with E-state index in [-0.39, 0.29) is 0 Å². The van der Waals surface area contributed by atoms with E-state index in [1.165, 1.54) is 0 Å². The van der Waals surface area contributed by atoms with Gasteiger partial charge < -0.3 is 10.5 Å². The van der Waals surface area contributed by atoms with Crippen molar-refractivity contribution in [2.75, 3.05) is 7.11 Å². The summed E-state index contributed by atoms with van der Waals surface area (Å²) >= 11 is 0. The summed E-state index contributed by atoms with van der Waals surface area (Å²) in [6, 6.07) is 11.9. The van der Waals surface area contributed by atoms with Gasteiger partial charge >= 0.3 is 0 Å². The molecule has 3 heteroatoms. The fraction of sp³-hybridized carbons (Fsp3) is 0.154. The molecule has 0 fully saturated rings. The molecule has 0 aliphatic heterocycles. The van der Waals surface area contributed by atoms with E-state index in [1.807, 2.05) is 36.4 Å². The maximum absolute atomic E-state index is 5.57. The molecule has 0 amide bonds. The molecule has 0 bridgehead atoms. The van der Waals surface area contributed by atoms with Gasteiger partial charge in [0, 0.05) is 12.7 Å². The Morgan fingerprint density at radius 1 is 1.19 bits per heavy atom. The molecule has 0 atom stereocenters. The summed E-state index contributed by atoms with van der Waals surface area (Å²) in [7, 11) is 1.66. The summed E-state index contributed by atoms with van der Waals surface area (Å²) in [4.78, 5) is 4.17. The molecular weight excluding hydrogens is 200 g/mol. The van der Waals surface area contributed by atoms with Crippen molar-refractivity contribution in [2.45, 2.75) is 6.54 Å². The lowest BCUT2D eigenvalue weighted by Gasteiger charge is -2.05. The number of nitrogens with two attached hydrogens (primary N) is 1. The number of hydrogen-bond acceptors (Lipinski definition) is 3. The quantitative estimate of drug-likeness (QED) is 0.852. The minimum Gasteiger partial charge on any atom is -0.497 e. The van der Waals surface area contributed by atoms with Crippen molar-refractivity contribution in [1.29, 1.82) is 0 Å². The standard InChI is InChI=1S/C13H14N2O/c1-16-13-4-2-3-10(8-13)11-5-6-15-12(7-11)9-14/h2-8H,9,14H2,1H3. The van der Waals surface area contributed by atoms with E-state index in [1.54, 1.807) is 13.3 Å². The molecule has 2 N–H and O–H groups in total. The molecule has 1 aromatic heterocycles. The van der Waals surface area contributed by atoms with E-state index in [0.717, 1.165) is 22.6 Å². The van der Waals surface area contributed by atoms with E-state index < -0.39 is 0 Å². The van der Waals surface area contributed by atoms with Crippen LogP contribution >= 0.6 is 0 Å². The van der Waals surface area contributed by atoms with Gasteiger partial charge in [0.25, 0.3) is 0 Å². The number of ether oxygens (including phenoxy) is 1. The van der Waals surface area contributed by atoms with Crippen molar-refractivity contribution in [1.82, 2.24) is 4.98 Å². The van der Waals surface area contributed by atoms with E-state index in [9.17, 15) is 0 Å². The van der Waals surface area contributed by atoms with Crippen LogP contribution in [0.5, 0.6) is 5.75 Å². The van der Waals surface area contributed by atoms with Crippen LogP contribution in [0.2, 0.25) is 0 Å². The Bertz CT molecular complexity index is 437. The fourth-order valence-electron chi connectivity index (χ4n) is 1.57. The second-order valence-electron chi connectivity index (χ2n) is 3.47. The summed E-state index contributed by atoms with van der Waals surface area (Å²) < 4.78 is 5.19. The molecule has 0 spiro atoms. The molecule has 16 heavy (non-hydrogen) atoms.